The second-order valence-corrected chi connectivity index (χ2v) is 7.43. The number of sulfonamides is 1. The molecule has 9 heteroatoms. The molecular formula is C9H12NO5S3-. The van der Waals surface area contributed by atoms with E-state index in [1.54, 1.807) is 12.1 Å². The van der Waals surface area contributed by atoms with Crippen molar-refractivity contribution in [2.24, 2.45) is 5.14 Å². The van der Waals surface area contributed by atoms with Crippen molar-refractivity contribution < 1.29 is 22.3 Å². The molecule has 0 saturated carbocycles. The molecule has 0 fully saturated rings. The van der Waals surface area contributed by atoms with Gasteiger partial charge in [-0.15, -0.1) is 11.8 Å². The van der Waals surface area contributed by atoms with Gasteiger partial charge in [-0.1, -0.05) is 12.1 Å². The van der Waals surface area contributed by atoms with E-state index in [9.17, 15) is 17.2 Å². The summed E-state index contributed by atoms with van der Waals surface area (Å²) in [5.74, 6) is 0.505. The van der Waals surface area contributed by atoms with Crippen LogP contribution in [0.15, 0.2) is 29.2 Å². The van der Waals surface area contributed by atoms with E-state index in [0.29, 0.717) is 5.75 Å². The summed E-state index contributed by atoms with van der Waals surface area (Å²) in [6, 6.07) is 5.95. The molecule has 0 saturated heterocycles. The van der Waals surface area contributed by atoms with Crippen LogP contribution in [0.25, 0.3) is 0 Å². The normalized spacial score (nSPS) is 15.3. The van der Waals surface area contributed by atoms with Crippen molar-refractivity contribution in [1.82, 2.24) is 0 Å². The van der Waals surface area contributed by atoms with Crippen molar-refractivity contribution in [1.29, 1.82) is 0 Å². The average Bonchev–Trinajstić information content (AvgIpc) is 2.25. The molecule has 18 heavy (non-hydrogen) atoms. The Labute approximate surface area is 112 Å². The predicted octanol–water partition coefficient (Wildman–Crippen LogP) is -0.0628. The number of nitrogens with two attached hydrogens (primary N) is 1. The molecule has 0 amide bonds. The second-order valence-electron chi connectivity index (χ2n) is 3.32. The van der Waals surface area contributed by atoms with Gasteiger partial charge in [0.1, 0.15) is 0 Å². The van der Waals surface area contributed by atoms with Gasteiger partial charge in [0.2, 0.25) is 10.0 Å². The van der Waals surface area contributed by atoms with E-state index >= 15 is 0 Å². The lowest BCUT2D eigenvalue weighted by molar-refractivity contribution is 0.322. The third-order valence-corrected chi connectivity index (χ3v) is 5.74. The van der Waals surface area contributed by atoms with E-state index in [1.807, 2.05) is 0 Å². The monoisotopic (exact) mass is 310 g/mol. The zero-order valence-corrected chi connectivity index (χ0v) is 11.6. The van der Waals surface area contributed by atoms with Crippen LogP contribution < -0.4 is 5.14 Å². The minimum Gasteiger partial charge on any atom is -0.771 e. The van der Waals surface area contributed by atoms with E-state index in [1.165, 1.54) is 23.9 Å². The van der Waals surface area contributed by atoms with Gasteiger partial charge in [-0.05, 0) is 28.8 Å². The van der Waals surface area contributed by atoms with Crippen molar-refractivity contribution in [3.05, 3.63) is 29.8 Å². The molecule has 0 aromatic heterocycles. The maximum absolute atomic E-state index is 11.2. The smallest absolute Gasteiger partial charge is 0.227 e. The van der Waals surface area contributed by atoms with Gasteiger partial charge in [-0.3, -0.25) is 4.21 Å². The van der Waals surface area contributed by atoms with Crippen LogP contribution in [0.1, 0.15) is 10.1 Å². The maximum atomic E-state index is 11.2. The van der Waals surface area contributed by atoms with Crippen LogP contribution in [0.2, 0.25) is 0 Å². The maximum Gasteiger partial charge on any atom is 0.227 e. The molecule has 1 aromatic carbocycles. The Bertz CT molecular complexity index is 514. The van der Waals surface area contributed by atoms with Crippen LogP contribution in [0, 0.1) is 0 Å². The summed E-state index contributed by atoms with van der Waals surface area (Å²) >= 11 is -1.47. The fourth-order valence-electron chi connectivity index (χ4n) is 1.29. The number of hydrogen-bond donors (Lipinski definition) is 2. The van der Waals surface area contributed by atoms with Gasteiger partial charge in [-0.25, -0.2) is 13.6 Å². The van der Waals surface area contributed by atoms with Gasteiger partial charge < -0.3 is 9.66 Å². The highest BCUT2D eigenvalue weighted by molar-refractivity contribution is 8.02. The van der Waals surface area contributed by atoms with E-state index in [2.05, 4.69) is 0 Å². The Balaban J connectivity index is 2.98. The lowest BCUT2D eigenvalue weighted by Crippen LogP contribution is -2.25. The van der Waals surface area contributed by atoms with Crippen molar-refractivity contribution >= 4 is 32.9 Å². The number of benzene rings is 1. The van der Waals surface area contributed by atoms with Crippen molar-refractivity contribution in [3.63, 3.8) is 0 Å². The Morgan fingerprint density at radius 1 is 1.39 bits per heavy atom. The third-order valence-electron chi connectivity index (χ3n) is 1.99. The summed E-state index contributed by atoms with van der Waals surface area (Å²) in [6.45, 7) is 0.0246. The summed E-state index contributed by atoms with van der Waals surface area (Å²) in [6.07, 6.45) is 0. The van der Waals surface area contributed by atoms with E-state index in [-0.39, 0.29) is 12.2 Å². The summed E-state index contributed by atoms with van der Waals surface area (Å²) in [4.78, 5) is 0.803. The Morgan fingerprint density at radius 2 is 1.94 bits per heavy atom. The van der Waals surface area contributed by atoms with E-state index in [0.717, 1.165) is 4.90 Å². The molecule has 0 aliphatic carbocycles. The van der Waals surface area contributed by atoms with Gasteiger partial charge in [0.05, 0.1) is 6.61 Å². The number of aliphatic hydroxyl groups is 1. The first-order valence-corrected chi connectivity index (χ1v) is 8.53. The van der Waals surface area contributed by atoms with Gasteiger partial charge in [0.15, 0.2) is 4.58 Å². The molecule has 0 heterocycles. The van der Waals surface area contributed by atoms with Crippen molar-refractivity contribution in [2.75, 3.05) is 12.4 Å². The van der Waals surface area contributed by atoms with E-state index in [4.69, 9.17) is 10.2 Å². The highest BCUT2D eigenvalue weighted by Gasteiger charge is 2.24. The molecule has 0 radical (unpaired) electrons. The summed E-state index contributed by atoms with van der Waals surface area (Å²) < 4.78 is 42.4. The fraction of sp³-hybridized carbons (Fsp3) is 0.333. The molecule has 0 aliphatic rings. The third kappa shape index (κ3) is 4.34. The number of hydrogen-bond acceptors (Lipinski definition) is 6. The molecule has 0 bridgehead atoms. The molecule has 3 N–H and O–H groups in total. The zero-order valence-electron chi connectivity index (χ0n) is 9.18. The topological polar surface area (TPSA) is 121 Å². The summed E-state index contributed by atoms with van der Waals surface area (Å²) in [5.41, 5.74) is 0.0965. The number of rotatable bonds is 6. The lowest BCUT2D eigenvalue weighted by atomic mass is 10.2. The second kappa shape index (κ2) is 6.64. The molecule has 2 atom stereocenters. The molecule has 0 spiro atoms. The van der Waals surface area contributed by atoms with Crippen molar-refractivity contribution in [2.45, 2.75) is 9.48 Å². The highest BCUT2D eigenvalue weighted by atomic mass is 32.3. The lowest BCUT2D eigenvalue weighted by Gasteiger charge is -2.17. The molecular weight excluding hydrogens is 298 g/mol. The summed E-state index contributed by atoms with van der Waals surface area (Å²) in [5, 5.41) is 13.5. The summed E-state index contributed by atoms with van der Waals surface area (Å²) in [7, 11) is -4.21. The van der Waals surface area contributed by atoms with Crippen LogP contribution in [0.5, 0.6) is 0 Å². The quantitative estimate of drug-likeness (QED) is 0.561. The Morgan fingerprint density at radius 3 is 2.33 bits per heavy atom. The van der Waals surface area contributed by atoms with Crippen molar-refractivity contribution in [3.8, 4) is 0 Å². The Hall–Kier alpha value is -0.450. The van der Waals surface area contributed by atoms with Gasteiger partial charge >= 0.3 is 0 Å². The minimum absolute atomic E-state index is 0.0246. The van der Waals surface area contributed by atoms with Crippen LogP contribution in [0.4, 0.5) is 0 Å². The first-order valence-electron chi connectivity index (χ1n) is 4.79. The number of thioether (sulfide) groups is 1. The predicted molar refractivity (Wildman–Crippen MR) is 69.0 cm³/mol. The number of primary sulfonamides is 1. The Kier molecular flexibility index (Phi) is 5.76. The molecule has 0 aliphatic heterocycles. The van der Waals surface area contributed by atoms with E-state index < -0.39 is 25.7 Å². The average molecular weight is 310 g/mol. The molecule has 6 nitrogen and oxygen atoms in total. The molecule has 2 unspecified atom stereocenters. The molecule has 1 aromatic rings. The van der Waals surface area contributed by atoms with Crippen LogP contribution in [-0.2, 0) is 21.1 Å². The SMILES string of the molecule is NS(=O)(=O)C(c1ccc(SCCO)cc1)S(=O)[O-]. The zero-order chi connectivity index (χ0) is 13.8. The van der Waals surface area contributed by atoms with Crippen LogP contribution >= 0.6 is 11.8 Å². The minimum atomic E-state index is -4.21. The van der Waals surface area contributed by atoms with Gasteiger partial charge in [0.25, 0.3) is 0 Å². The van der Waals surface area contributed by atoms with Crippen LogP contribution in [-0.4, -0.2) is 34.6 Å². The van der Waals surface area contributed by atoms with Crippen LogP contribution in [0.3, 0.4) is 0 Å². The first-order chi connectivity index (χ1) is 8.36. The number of aliphatic hydroxyl groups excluding tert-OH is 1. The highest BCUT2D eigenvalue weighted by Crippen LogP contribution is 2.26. The fourth-order valence-corrected chi connectivity index (χ4v) is 3.74. The largest absolute Gasteiger partial charge is 0.771 e. The van der Waals surface area contributed by atoms with Gasteiger partial charge in [-0.2, -0.15) is 0 Å². The molecule has 102 valence electrons. The molecule has 1 rings (SSSR count). The van der Waals surface area contributed by atoms with Gasteiger partial charge in [0, 0.05) is 10.6 Å². The first kappa shape index (κ1) is 15.6. The standard InChI is InChI=1S/C9H13NO5S3/c10-18(14,15)9(17(12)13)7-1-3-8(4-2-7)16-6-5-11/h1-4,9,11H,5-6H2,(H,12,13)(H2,10,14,15)/p-1.